The van der Waals surface area contributed by atoms with Crippen molar-refractivity contribution in [3.63, 3.8) is 0 Å². The Balaban J connectivity index is 1.90. The molecule has 0 aromatic rings. The van der Waals surface area contributed by atoms with Gasteiger partial charge in [-0.1, -0.05) is 13.8 Å². The van der Waals surface area contributed by atoms with Crippen LogP contribution in [0.25, 0.3) is 0 Å². The SMILES string of the molecule is CC(C)CNC(=O)N1CCCC(CC(=O)N2CCCC2(C)C(=O)O)C1. The molecule has 0 aromatic carbocycles. The first-order chi connectivity index (χ1) is 11.7. The van der Waals surface area contributed by atoms with Crippen molar-refractivity contribution >= 4 is 17.9 Å². The van der Waals surface area contributed by atoms with Crippen molar-refractivity contribution < 1.29 is 19.5 Å². The smallest absolute Gasteiger partial charge is 0.329 e. The molecule has 0 aromatic heterocycles. The van der Waals surface area contributed by atoms with E-state index in [1.165, 1.54) is 4.90 Å². The monoisotopic (exact) mass is 353 g/mol. The predicted octanol–water partition coefficient (Wildman–Crippen LogP) is 1.92. The lowest BCUT2D eigenvalue weighted by Crippen LogP contribution is -2.52. The molecule has 0 spiro atoms. The molecule has 7 heteroatoms. The summed E-state index contributed by atoms with van der Waals surface area (Å²) in [5, 5.41) is 12.4. The summed E-state index contributed by atoms with van der Waals surface area (Å²) in [6.07, 6.45) is 3.32. The molecule has 2 N–H and O–H groups in total. The number of piperidine rings is 1. The molecule has 2 atom stereocenters. The van der Waals surface area contributed by atoms with Crippen LogP contribution in [0, 0.1) is 11.8 Å². The molecule has 2 aliphatic rings. The van der Waals surface area contributed by atoms with Crippen LogP contribution in [-0.2, 0) is 9.59 Å². The topological polar surface area (TPSA) is 90.0 Å². The Morgan fingerprint density at radius 3 is 2.60 bits per heavy atom. The summed E-state index contributed by atoms with van der Waals surface area (Å²) in [6.45, 7) is 8.16. The quantitative estimate of drug-likeness (QED) is 0.790. The van der Waals surface area contributed by atoms with Crippen LogP contribution in [-0.4, -0.2) is 64.5 Å². The van der Waals surface area contributed by atoms with E-state index < -0.39 is 11.5 Å². The lowest BCUT2D eigenvalue weighted by atomic mass is 9.93. The molecule has 3 amide bonds. The number of hydrogen-bond acceptors (Lipinski definition) is 3. The van der Waals surface area contributed by atoms with Gasteiger partial charge in [0.15, 0.2) is 0 Å². The van der Waals surface area contributed by atoms with Crippen molar-refractivity contribution in [3.8, 4) is 0 Å². The average Bonchev–Trinajstić information content (AvgIpc) is 2.96. The first-order valence-corrected chi connectivity index (χ1v) is 9.30. The summed E-state index contributed by atoms with van der Waals surface area (Å²) in [4.78, 5) is 39.7. The second kappa shape index (κ2) is 8.06. The van der Waals surface area contributed by atoms with Gasteiger partial charge in [0, 0.05) is 32.6 Å². The summed E-state index contributed by atoms with van der Waals surface area (Å²) < 4.78 is 0. The third-order valence-electron chi connectivity index (χ3n) is 5.33. The molecule has 0 aliphatic carbocycles. The fourth-order valence-corrected chi connectivity index (χ4v) is 3.76. The van der Waals surface area contributed by atoms with Crippen molar-refractivity contribution in [1.29, 1.82) is 0 Å². The largest absolute Gasteiger partial charge is 0.480 e. The van der Waals surface area contributed by atoms with Gasteiger partial charge in [0.2, 0.25) is 5.91 Å². The molecule has 0 radical (unpaired) electrons. The van der Waals surface area contributed by atoms with Gasteiger partial charge in [-0.25, -0.2) is 9.59 Å². The number of nitrogens with one attached hydrogen (secondary N) is 1. The maximum atomic E-state index is 12.7. The number of likely N-dealkylation sites (tertiary alicyclic amines) is 2. The molecule has 2 unspecified atom stereocenters. The Hall–Kier alpha value is -1.79. The van der Waals surface area contributed by atoms with Gasteiger partial charge in [0.1, 0.15) is 5.54 Å². The normalized spacial score (nSPS) is 26.8. The second-order valence-corrected chi connectivity index (χ2v) is 7.97. The summed E-state index contributed by atoms with van der Waals surface area (Å²) in [6, 6.07) is -0.0672. The maximum Gasteiger partial charge on any atom is 0.329 e. The van der Waals surface area contributed by atoms with Gasteiger partial charge in [-0.2, -0.15) is 0 Å². The Labute approximate surface area is 149 Å². The van der Waals surface area contributed by atoms with Crippen LogP contribution in [0.15, 0.2) is 0 Å². The highest BCUT2D eigenvalue weighted by Crippen LogP contribution is 2.31. The van der Waals surface area contributed by atoms with Crippen LogP contribution in [0.1, 0.15) is 52.9 Å². The zero-order valence-corrected chi connectivity index (χ0v) is 15.6. The molecule has 2 fully saturated rings. The van der Waals surface area contributed by atoms with E-state index in [9.17, 15) is 19.5 Å². The van der Waals surface area contributed by atoms with E-state index in [4.69, 9.17) is 0 Å². The van der Waals surface area contributed by atoms with Gasteiger partial charge in [0.05, 0.1) is 0 Å². The highest BCUT2D eigenvalue weighted by Gasteiger charge is 2.46. The van der Waals surface area contributed by atoms with Crippen LogP contribution >= 0.6 is 0 Å². The van der Waals surface area contributed by atoms with E-state index in [1.807, 2.05) is 13.8 Å². The van der Waals surface area contributed by atoms with Crippen LogP contribution in [0.5, 0.6) is 0 Å². The van der Waals surface area contributed by atoms with Crippen molar-refractivity contribution in [3.05, 3.63) is 0 Å². The highest BCUT2D eigenvalue weighted by atomic mass is 16.4. The first-order valence-electron chi connectivity index (χ1n) is 9.30. The van der Waals surface area contributed by atoms with Gasteiger partial charge in [-0.15, -0.1) is 0 Å². The summed E-state index contributed by atoms with van der Waals surface area (Å²) in [7, 11) is 0. The maximum absolute atomic E-state index is 12.7. The van der Waals surface area contributed by atoms with Gasteiger partial charge < -0.3 is 20.2 Å². The Morgan fingerprint density at radius 1 is 1.24 bits per heavy atom. The number of carboxylic acids is 1. The second-order valence-electron chi connectivity index (χ2n) is 7.97. The third kappa shape index (κ3) is 4.64. The number of carbonyl (C=O) groups excluding carboxylic acids is 2. The molecule has 0 saturated carbocycles. The predicted molar refractivity (Wildman–Crippen MR) is 94.1 cm³/mol. The van der Waals surface area contributed by atoms with Crippen LogP contribution in [0.3, 0.4) is 0 Å². The number of carbonyl (C=O) groups is 3. The van der Waals surface area contributed by atoms with Crippen molar-refractivity contribution in [1.82, 2.24) is 15.1 Å². The lowest BCUT2D eigenvalue weighted by molar-refractivity contribution is -0.155. The fraction of sp³-hybridized carbons (Fsp3) is 0.833. The molecule has 0 bridgehead atoms. The number of carboxylic acid groups (broad SMARTS) is 1. The standard InChI is InChI=1S/C18H31N3O4/c1-13(2)11-19-17(25)20-8-4-6-14(12-20)10-15(22)21-9-5-7-18(21,3)16(23)24/h13-14H,4-12H2,1-3H3,(H,19,25)(H,23,24). The number of aliphatic carboxylic acids is 1. The molecular weight excluding hydrogens is 322 g/mol. The molecule has 25 heavy (non-hydrogen) atoms. The lowest BCUT2D eigenvalue weighted by Gasteiger charge is -2.35. The van der Waals surface area contributed by atoms with Crippen molar-refractivity contribution in [2.45, 2.75) is 58.4 Å². The van der Waals surface area contributed by atoms with Crippen molar-refractivity contribution in [2.75, 3.05) is 26.2 Å². The van der Waals surface area contributed by atoms with Crippen LogP contribution < -0.4 is 5.32 Å². The van der Waals surface area contributed by atoms with E-state index in [1.54, 1.807) is 11.8 Å². The molecule has 2 heterocycles. The molecule has 7 nitrogen and oxygen atoms in total. The van der Waals surface area contributed by atoms with E-state index in [0.717, 1.165) is 19.3 Å². The number of hydrogen-bond donors (Lipinski definition) is 2. The zero-order valence-electron chi connectivity index (χ0n) is 15.6. The minimum absolute atomic E-state index is 0.0672. The molecule has 2 saturated heterocycles. The zero-order chi connectivity index (χ0) is 18.6. The van der Waals surface area contributed by atoms with Gasteiger partial charge in [0.25, 0.3) is 0 Å². The third-order valence-corrected chi connectivity index (χ3v) is 5.33. The number of nitrogens with zero attached hydrogens (tertiary/aromatic N) is 2. The number of rotatable bonds is 5. The molecule has 2 rings (SSSR count). The first kappa shape index (κ1) is 19.5. The summed E-state index contributed by atoms with van der Waals surface area (Å²) in [5.41, 5.74) is -1.08. The van der Waals surface area contributed by atoms with Crippen LogP contribution in [0.2, 0.25) is 0 Å². The van der Waals surface area contributed by atoms with E-state index in [0.29, 0.717) is 44.9 Å². The summed E-state index contributed by atoms with van der Waals surface area (Å²) in [5.74, 6) is -0.534. The van der Waals surface area contributed by atoms with Crippen LogP contribution in [0.4, 0.5) is 4.79 Å². The van der Waals surface area contributed by atoms with E-state index in [2.05, 4.69) is 5.32 Å². The number of amides is 3. The van der Waals surface area contributed by atoms with Gasteiger partial charge >= 0.3 is 12.0 Å². The fourth-order valence-electron chi connectivity index (χ4n) is 3.76. The minimum atomic E-state index is -1.08. The van der Waals surface area contributed by atoms with Crippen molar-refractivity contribution in [2.24, 2.45) is 11.8 Å². The Morgan fingerprint density at radius 2 is 1.96 bits per heavy atom. The Kier molecular flexibility index (Phi) is 6.30. The highest BCUT2D eigenvalue weighted by molar-refractivity contribution is 5.87. The minimum Gasteiger partial charge on any atom is -0.480 e. The number of urea groups is 1. The summed E-state index contributed by atoms with van der Waals surface area (Å²) >= 11 is 0. The van der Waals surface area contributed by atoms with E-state index in [-0.39, 0.29) is 17.9 Å². The van der Waals surface area contributed by atoms with Gasteiger partial charge in [-0.05, 0) is 44.4 Å². The molecule has 142 valence electrons. The van der Waals surface area contributed by atoms with E-state index >= 15 is 0 Å². The Bertz CT molecular complexity index is 522. The van der Waals surface area contributed by atoms with Gasteiger partial charge in [-0.3, -0.25) is 4.79 Å². The molecular formula is C18H31N3O4. The average molecular weight is 353 g/mol. The molecule has 2 aliphatic heterocycles.